The highest BCUT2D eigenvalue weighted by molar-refractivity contribution is 6.38. The van der Waals surface area contributed by atoms with E-state index >= 15 is 0 Å². The quantitative estimate of drug-likeness (QED) is 0.860. The Balaban J connectivity index is 2.57. The summed E-state index contributed by atoms with van der Waals surface area (Å²) in [4.78, 5) is 4.63. The molecule has 0 aliphatic rings. The molecule has 2 rings (SSSR count). The van der Waals surface area contributed by atoms with Crippen LogP contribution in [0.2, 0.25) is 10.0 Å². The van der Waals surface area contributed by atoms with Crippen molar-refractivity contribution in [2.45, 2.75) is 26.7 Å². The zero-order chi connectivity index (χ0) is 13.1. The number of aromatic nitrogens is 1. The number of anilines is 1. The lowest BCUT2D eigenvalue weighted by atomic mass is 10.1. The monoisotopic (exact) mass is 282 g/mol. The van der Waals surface area contributed by atoms with Gasteiger partial charge in [0.15, 0.2) is 0 Å². The van der Waals surface area contributed by atoms with E-state index in [0.717, 1.165) is 36.1 Å². The van der Waals surface area contributed by atoms with Crippen LogP contribution in [0.15, 0.2) is 18.2 Å². The van der Waals surface area contributed by atoms with Crippen LogP contribution in [0, 0.1) is 0 Å². The molecule has 1 aromatic carbocycles. The van der Waals surface area contributed by atoms with E-state index in [1.807, 2.05) is 6.07 Å². The van der Waals surface area contributed by atoms with Gasteiger partial charge in [-0.2, -0.15) is 0 Å². The second-order valence-corrected chi connectivity index (χ2v) is 5.07. The fourth-order valence-corrected chi connectivity index (χ4v) is 2.44. The van der Waals surface area contributed by atoms with Crippen molar-refractivity contribution in [2.75, 3.05) is 11.9 Å². The molecule has 0 saturated carbocycles. The minimum absolute atomic E-state index is 0.616. The minimum atomic E-state index is 0.616. The molecule has 0 aliphatic carbocycles. The van der Waals surface area contributed by atoms with Gasteiger partial charge in [0.1, 0.15) is 5.82 Å². The zero-order valence-electron chi connectivity index (χ0n) is 10.6. The zero-order valence-corrected chi connectivity index (χ0v) is 12.1. The maximum atomic E-state index is 6.20. The SMILES string of the molecule is CCCNc1nc2cc(Cl)cc(Cl)c2cc1CC. The molecule has 2 aromatic rings. The lowest BCUT2D eigenvalue weighted by molar-refractivity contribution is 0.962. The summed E-state index contributed by atoms with van der Waals surface area (Å²) in [5, 5.41) is 5.58. The van der Waals surface area contributed by atoms with Crippen molar-refractivity contribution in [3.05, 3.63) is 33.8 Å². The molecule has 0 unspecified atom stereocenters. The number of hydrogen-bond donors (Lipinski definition) is 1. The first kappa shape index (κ1) is 13.4. The Kier molecular flexibility index (Phi) is 4.31. The summed E-state index contributed by atoms with van der Waals surface area (Å²) in [7, 11) is 0. The van der Waals surface area contributed by atoms with Crippen molar-refractivity contribution >= 4 is 39.9 Å². The molecule has 1 heterocycles. The minimum Gasteiger partial charge on any atom is -0.370 e. The third-order valence-electron chi connectivity index (χ3n) is 2.85. The average molecular weight is 283 g/mol. The van der Waals surface area contributed by atoms with Crippen LogP contribution in [0.1, 0.15) is 25.8 Å². The molecule has 2 nitrogen and oxygen atoms in total. The topological polar surface area (TPSA) is 24.9 Å². The highest BCUT2D eigenvalue weighted by Gasteiger charge is 2.08. The predicted molar refractivity (Wildman–Crippen MR) is 79.9 cm³/mol. The Morgan fingerprint density at radius 2 is 1.94 bits per heavy atom. The van der Waals surface area contributed by atoms with Crippen molar-refractivity contribution in [2.24, 2.45) is 0 Å². The largest absolute Gasteiger partial charge is 0.370 e. The van der Waals surface area contributed by atoms with Gasteiger partial charge in [0.2, 0.25) is 0 Å². The smallest absolute Gasteiger partial charge is 0.129 e. The van der Waals surface area contributed by atoms with Gasteiger partial charge in [-0.05, 0) is 36.6 Å². The van der Waals surface area contributed by atoms with E-state index in [1.54, 1.807) is 6.07 Å². The summed E-state index contributed by atoms with van der Waals surface area (Å²) < 4.78 is 0. The van der Waals surface area contributed by atoms with E-state index in [2.05, 4.69) is 30.2 Å². The molecule has 1 aromatic heterocycles. The Bertz CT molecular complexity index is 567. The fourth-order valence-electron chi connectivity index (χ4n) is 1.91. The van der Waals surface area contributed by atoms with Gasteiger partial charge in [0.25, 0.3) is 0 Å². The molecule has 0 bridgehead atoms. The first-order valence-electron chi connectivity index (χ1n) is 6.18. The Morgan fingerprint density at radius 3 is 2.61 bits per heavy atom. The second kappa shape index (κ2) is 5.77. The molecule has 0 saturated heterocycles. The van der Waals surface area contributed by atoms with Crippen molar-refractivity contribution in [1.82, 2.24) is 4.98 Å². The van der Waals surface area contributed by atoms with Crippen LogP contribution in [-0.2, 0) is 6.42 Å². The second-order valence-electron chi connectivity index (χ2n) is 4.23. The van der Waals surface area contributed by atoms with Gasteiger partial charge in [-0.1, -0.05) is 37.0 Å². The van der Waals surface area contributed by atoms with Crippen LogP contribution in [0.25, 0.3) is 10.9 Å². The summed E-state index contributed by atoms with van der Waals surface area (Å²) in [6, 6.07) is 5.70. The summed E-state index contributed by atoms with van der Waals surface area (Å²) in [6.07, 6.45) is 1.99. The molecule has 0 aliphatic heterocycles. The van der Waals surface area contributed by atoms with Crippen LogP contribution in [-0.4, -0.2) is 11.5 Å². The Hall–Kier alpha value is -0.990. The molecule has 0 atom stereocenters. The van der Waals surface area contributed by atoms with Crippen LogP contribution in [0.3, 0.4) is 0 Å². The number of nitrogens with one attached hydrogen (secondary N) is 1. The molecule has 0 spiro atoms. The van der Waals surface area contributed by atoms with E-state index in [0.29, 0.717) is 10.0 Å². The molecule has 0 radical (unpaired) electrons. The highest BCUT2D eigenvalue weighted by Crippen LogP contribution is 2.30. The molecule has 4 heteroatoms. The van der Waals surface area contributed by atoms with Crippen LogP contribution < -0.4 is 5.32 Å². The third kappa shape index (κ3) is 2.70. The maximum absolute atomic E-state index is 6.20. The van der Waals surface area contributed by atoms with Crippen LogP contribution >= 0.6 is 23.2 Å². The molecule has 0 fully saturated rings. The van der Waals surface area contributed by atoms with Gasteiger partial charge in [0, 0.05) is 17.0 Å². The van der Waals surface area contributed by atoms with E-state index in [1.165, 1.54) is 5.56 Å². The average Bonchev–Trinajstić information content (AvgIpc) is 2.35. The number of nitrogens with zero attached hydrogens (tertiary/aromatic N) is 1. The fraction of sp³-hybridized carbons (Fsp3) is 0.357. The standard InChI is InChI=1S/C14H16Cl2N2/c1-3-5-17-14-9(4-2)6-11-12(16)7-10(15)8-13(11)18-14/h6-8H,3-5H2,1-2H3,(H,17,18). The number of halogens is 2. The van der Waals surface area contributed by atoms with Gasteiger partial charge in [-0.3, -0.25) is 0 Å². The number of pyridine rings is 1. The number of hydrogen-bond acceptors (Lipinski definition) is 2. The van der Waals surface area contributed by atoms with E-state index in [9.17, 15) is 0 Å². The lowest BCUT2D eigenvalue weighted by Gasteiger charge is -2.11. The number of benzene rings is 1. The van der Waals surface area contributed by atoms with E-state index in [-0.39, 0.29) is 0 Å². The first-order chi connectivity index (χ1) is 8.65. The Morgan fingerprint density at radius 1 is 1.17 bits per heavy atom. The summed E-state index contributed by atoms with van der Waals surface area (Å²) in [5.41, 5.74) is 2.02. The van der Waals surface area contributed by atoms with Crippen LogP contribution in [0.4, 0.5) is 5.82 Å². The van der Waals surface area contributed by atoms with Crippen molar-refractivity contribution in [1.29, 1.82) is 0 Å². The Labute approximate surface area is 117 Å². The van der Waals surface area contributed by atoms with Gasteiger partial charge < -0.3 is 5.32 Å². The molecule has 96 valence electrons. The van der Waals surface area contributed by atoms with Crippen molar-refractivity contribution < 1.29 is 0 Å². The summed E-state index contributed by atoms with van der Waals surface area (Å²) in [5.74, 6) is 0.935. The van der Waals surface area contributed by atoms with Gasteiger partial charge in [-0.25, -0.2) is 4.98 Å². The maximum Gasteiger partial charge on any atom is 0.129 e. The molecule has 18 heavy (non-hydrogen) atoms. The van der Waals surface area contributed by atoms with Gasteiger partial charge in [0.05, 0.1) is 10.5 Å². The summed E-state index contributed by atoms with van der Waals surface area (Å²) in [6.45, 7) is 5.16. The predicted octanol–water partition coefficient (Wildman–Crippen LogP) is 4.93. The normalized spacial score (nSPS) is 10.9. The van der Waals surface area contributed by atoms with Gasteiger partial charge in [-0.15, -0.1) is 0 Å². The first-order valence-corrected chi connectivity index (χ1v) is 6.93. The van der Waals surface area contributed by atoms with Crippen molar-refractivity contribution in [3.63, 3.8) is 0 Å². The molecule has 0 amide bonds. The molecule has 1 N–H and O–H groups in total. The van der Waals surface area contributed by atoms with E-state index < -0.39 is 0 Å². The third-order valence-corrected chi connectivity index (χ3v) is 3.38. The lowest BCUT2D eigenvalue weighted by Crippen LogP contribution is -2.05. The van der Waals surface area contributed by atoms with Gasteiger partial charge >= 0.3 is 0 Å². The number of aryl methyl sites for hydroxylation is 1. The van der Waals surface area contributed by atoms with E-state index in [4.69, 9.17) is 23.2 Å². The molecular weight excluding hydrogens is 267 g/mol. The molecular formula is C14H16Cl2N2. The highest BCUT2D eigenvalue weighted by atomic mass is 35.5. The summed E-state index contributed by atoms with van der Waals surface area (Å²) >= 11 is 12.2. The van der Waals surface area contributed by atoms with Crippen LogP contribution in [0.5, 0.6) is 0 Å². The number of fused-ring (bicyclic) bond motifs is 1. The van der Waals surface area contributed by atoms with Crippen molar-refractivity contribution in [3.8, 4) is 0 Å². The number of rotatable bonds is 4.